The lowest BCUT2D eigenvalue weighted by Crippen LogP contribution is -2.43. The van der Waals surface area contributed by atoms with Gasteiger partial charge in [-0.05, 0) is 24.5 Å². The average Bonchev–Trinajstić information content (AvgIpc) is 3.21. The number of hydrogen-bond acceptors (Lipinski definition) is 6. The highest BCUT2D eigenvalue weighted by Gasteiger charge is 2.25. The van der Waals surface area contributed by atoms with E-state index in [0.29, 0.717) is 24.0 Å². The van der Waals surface area contributed by atoms with Gasteiger partial charge in [0, 0.05) is 43.0 Å². The molecule has 186 valence electrons. The van der Waals surface area contributed by atoms with Crippen LogP contribution in [-0.4, -0.2) is 47.5 Å². The molecule has 10 heteroatoms. The number of aryl methyl sites for hydroxylation is 1. The van der Waals surface area contributed by atoms with E-state index >= 15 is 4.39 Å². The standard InChI is InChI=1S/C26H27FN6O3/c1-32-13-18(12-30-32)16-7-8-17(20(27)11-16)14-33-15-19(23-24(26(33)36)29-10-9-28-23)25(35)31-21-5-3-2-4-6-22(21)34/h7-13,15,21-22,34H,2-6,14H2,1H3,(H,31,35)/t21-,22-/m0/s1. The minimum Gasteiger partial charge on any atom is -0.391 e. The summed E-state index contributed by atoms with van der Waals surface area (Å²) in [5, 5.41) is 17.5. The number of nitrogens with one attached hydrogen (secondary N) is 1. The van der Waals surface area contributed by atoms with Crippen molar-refractivity contribution in [3.05, 3.63) is 76.5 Å². The van der Waals surface area contributed by atoms with Gasteiger partial charge in [-0.3, -0.25) is 19.3 Å². The topological polar surface area (TPSA) is 115 Å². The van der Waals surface area contributed by atoms with Gasteiger partial charge in [0.1, 0.15) is 11.3 Å². The van der Waals surface area contributed by atoms with E-state index in [4.69, 9.17) is 0 Å². The molecular formula is C26H27FN6O3. The zero-order valence-electron chi connectivity index (χ0n) is 19.9. The second kappa shape index (κ2) is 9.98. The molecular weight excluding hydrogens is 463 g/mol. The van der Waals surface area contributed by atoms with Gasteiger partial charge in [0.25, 0.3) is 11.5 Å². The van der Waals surface area contributed by atoms with Crippen molar-refractivity contribution in [3.63, 3.8) is 0 Å². The van der Waals surface area contributed by atoms with E-state index in [0.717, 1.165) is 24.8 Å². The summed E-state index contributed by atoms with van der Waals surface area (Å²) in [4.78, 5) is 34.8. The number of fused-ring (bicyclic) bond motifs is 1. The minimum atomic E-state index is -0.632. The minimum absolute atomic E-state index is 0.0268. The maximum Gasteiger partial charge on any atom is 0.279 e. The molecule has 0 spiro atoms. The summed E-state index contributed by atoms with van der Waals surface area (Å²) < 4.78 is 18.0. The van der Waals surface area contributed by atoms with Gasteiger partial charge in [0.05, 0.1) is 30.5 Å². The number of rotatable bonds is 5. The number of nitrogens with zero attached hydrogens (tertiary/aromatic N) is 5. The molecule has 36 heavy (non-hydrogen) atoms. The third-order valence-corrected chi connectivity index (χ3v) is 6.67. The quantitative estimate of drug-likeness (QED) is 0.416. The van der Waals surface area contributed by atoms with E-state index in [1.807, 2.05) is 0 Å². The highest BCUT2D eigenvalue weighted by atomic mass is 19.1. The molecule has 1 amide bonds. The van der Waals surface area contributed by atoms with Crippen LogP contribution in [0.3, 0.4) is 0 Å². The van der Waals surface area contributed by atoms with Crippen molar-refractivity contribution in [1.29, 1.82) is 0 Å². The van der Waals surface area contributed by atoms with Gasteiger partial charge in [0.2, 0.25) is 0 Å². The maximum absolute atomic E-state index is 15.0. The number of carbonyl (C=O) groups is 1. The molecule has 1 fully saturated rings. The fourth-order valence-electron chi connectivity index (χ4n) is 4.70. The van der Waals surface area contributed by atoms with Crippen LogP contribution in [0.15, 0.2) is 54.0 Å². The Morgan fingerprint density at radius 2 is 1.89 bits per heavy atom. The number of halogens is 1. The van der Waals surface area contributed by atoms with Crippen LogP contribution < -0.4 is 10.9 Å². The summed E-state index contributed by atoms with van der Waals surface area (Å²) in [6.07, 6.45) is 11.1. The summed E-state index contributed by atoms with van der Waals surface area (Å²) >= 11 is 0. The molecule has 4 aromatic rings. The first-order valence-corrected chi connectivity index (χ1v) is 12.0. The Bertz CT molecular complexity index is 1480. The van der Waals surface area contributed by atoms with Gasteiger partial charge < -0.3 is 15.0 Å². The molecule has 9 nitrogen and oxygen atoms in total. The maximum atomic E-state index is 15.0. The Labute approximate surface area is 206 Å². The van der Waals surface area contributed by atoms with E-state index < -0.39 is 23.4 Å². The van der Waals surface area contributed by atoms with Crippen molar-refractivity contribution in [3.8, 4) is 11.1 Å². The van der Waals surface area contributed by atoms with Crippen LogP contribution in [0, 0.1) is 5.82 Å². The van der Waals surface area contributed by atoms with Gasteiger partial charge in [-0.1, -0.05) is 31.4 Å². The van der Waals surface area contributed by atoms with E-state index in [9.17, 15) is 14.7 Å². The number of pyridine rings is 1. The predicted octanol–water partition coefficient (Wildman–Crippen LogP) is 2.80. The lowest BCUT2D eigenvalue weighted by Gasteiger charge is -2.22. The first-order chi connectivity index (χ1) is 17.4. The lowest BCUT2D eigenvalue weighted by atomic mass is 10.1. The number of aliphatic hydroxyl groups is 1. The van der Waals surface area contributed by atoms with Gasteiger partial charge in [-0.25, -0.2) is 9.37 Å². The fraction of sp³-hybridized carbons (Fsp3) is 0.346. The summed E-state index contributed by atoms with van der Waals surface area (Å²) in [5.41, 5.74) is 1.62. The third kappa shape index (κ3) is 4.76. The summed E-state index contributed by atoms with van der Waals surface area (Å²) in [7, 11) is 1.79. The number of carbonyl (C=O) groups excluding carboxylic acids is 1. The van der Waals surface area contributed by atoms with Gasteiger partial charge in [0.15, 0.2) is 5.52 Å². The van der Waals surface area contributed by atoms with Crippen molar-refractivity contribution >= 4 is 16.9 Å². The highest BCUT2D eigenvalue weighted by molar-refractivity contribution is 6.04. The SMILES string of the molecule is Cn1cc(-c2ccc(Cn3cc(C(=O)N[C@H]4CCCCC[C@@H]4O)c4nccnc4c3=O)c(F)c2)cn1. The molecule has 1 saturated carbocycles. The summed E-state index contributed by atoms with van der Waals surface area (Å²) in [6, 6.07) is 4.40. The van der Waals surface area contributed by atoms with E-state index in [-0.39, 0.29) is 29.2 Å². The van der Waals surface area contributed by atoms with Crippen molar-refractivity contribution < 1.29 is 14.3 Å². The van der Waals surface area contributed by atoms with Crippen LogP contribution in [-0.2, 0) is 13.6 Å². The van der Waals surface area contributed by atoms with Gasteiger partial charge in [-0.15, -0.1) is 0 Å². The number of aromatic nitrogens is 5. The lowest BCUT2D eigenvalue weighted by molar-refractivity contribution is 0.0819. The molecule has 1 aromatic carbocycles. The first kappa shape index (κ1) is 23.8. The van der Waals surface area contributed by atoms with Gasteiger partial charge in [-0.2, -0.15) is 5.10 Å². The molecule has 0 aliphatic heterocycles. The van der Waals surface area contributed by atoms with E-state index in [1.54, 1.807) is 36.3 Å². The molecule has 0 bridgehead atoms. The molecule has 1 aliphatic carbocycles. The third-order valence-electron chi connectivity index (χ3n) is 6.67. The molecule has 3 heterocycles. The molecule has 2 N–H and O–H groups in total. The van der Waals surface area contributed by atoms with E-state index in [2.05, 4.69) is 20.4 Å². The zero-order chi connectivity index (χ0) is 25.2. The van der Waals surface area contributed by atoms with E-state index in [1.165, 1.54) is 29.2 Å². The number of hydrogen-bond donors (Lipinski definition) is 2. The molecule has 2 atom stereocenters. The Kier molecular flexibility index (Phi) is 6.60. The van der Waals surface area contributed by atoms with Crippen molar-refractivity contribution in [2.24, 2.45) is 7.05 Å². The molecule has 5 rings (SSSR count). The summed E-state index contributed by atoms with van der Waals surface area (Å²) in [6.45, 7) is -0.0865. The molecule has 0 saturated heterocycles. The monoisotopic (exact) mass is 490 g/mol. The van der Waals surface area contributed by atoms with Crippen LogP contribution in [0.4, 0.5) is 4.39 Å². The predicted molar refractivity (Wildman–Crippen MR) is 132 cm³/mol. The highest BCUT2D eigenvalue weighted by Crippen LogP contribution is 2.23. The van der Waals surface area contributed by atoms with Crippen LogP contribution in [0.5, 0.6) is 0 Å². The smallest absolute Gasteiger partial charge is 0.279 e. The number of amides is 1. The Morgan fingerprint density at radius 3 is 2.64 bits per heavy atom. The molecule has 1 aliphatic rings. The molecule has 0 unspecified atom stereocenters. The van der Waals surface area contributed by atoms with Crippen LogP contribution in [0.1, 0.15) is 48.0 Å². The zero-order valence-corrected chi connectivity index (χ0v) is 19.9. The number of benzene rings is 1. The Balaban J connectivity index is 1.48. The van der Waals surface area contributed by atoms with Crippen molar-refractivity contribution in [2.75, 3.05) is 0 Å². The fourth-order valence-corrected chi connectivity index (χ4v) is 4.70. The first-order valence-electron chi connectivity index (χ1n) is 12.0. The largest absolute Gasteiger partial charge is 0.391 e. The Hall–Kier alpha value is -3.92. The van der Waals surface area contributed by atoms with Crippen LogP contribution >= 0.6 is 0 Å². The molecule has 3 aromatic heterocycles. The normalized spacial score (nSPS) is 18.2. The second-order valence-electron chi connectivity index (χ2n) is 9.22. The molecule has 0 radical (unpaired) electrons. The average molecular weight is 491 g/mol. The number of aliphatic hydroxyl groups excluding tert-OH is 1. The van der Waals surface area contributed by atoms with Crippen molar-refractivity contribution in [2.45, 2.75) is 50.8 Å². The Morgan fingerprint density at radius 1 is 1.11 bits per heavy atom. The summed E-state index contributed by atoms with van der Waals surface area (Å²) in [5.74, 6) is -0.928. The van der Waals surface area contributed by atoms with Crippen molar-refractivity contribution in [1.82, 2.24) is 29.6 Å². The van der Waals surface area contributed by atoms with Gasteiger partial charge >= 0.3 is 0 Å². The second-order valence-corrected chi connectivity index (χ2v) is 9.22. The van der Waals surface area contributed by atoms with Crippen LogP contribution in [0.25, 0.3) is 22.2 Å². The van der Waals surface area contributed by atoms with Crippen LogP contribution in [0.2, 0.25) is 0 Å².